The van der Waals surface area contributed by atoms with Crippen molar-refractivity contribution in [2.24, 2.45) is 16.7 Å². The van der Waals surface area contributed by atoms with Gasteiger partial charge in [0.2, 0.25) is 5.91 Å². The highest BCUT2D eigenvalue weighted by Gasteiger charge is 2.63. The lowest BCUT2D eigenvalue weighted by atomic mass is 9.48. The van der Waals surface area contributed by atoms with Gasteiger partial charge in [0, 0.05) is 38.1 Å². The molecule has 0 radical (unpaired) electrons. The molecule has 2 saturated heterocycles. The number of likely N-dealkylation sites (tertiary alicyclic amines) is 1. The smallest absolute Gasteiger partial charge is 0.261 e. The van der Waals surface area contributed by atoms with Crippen LogP contribution in [0.5, 0.6) is 0 Å². The highest BCUT2D eigenvalue weighted by molar-refractivity contribution is 5.79. The first-order valence-electron chi connectivity index (χ1n) is 10.9. The van der Waals surface area contributed by atoms with Crippen LogP contribution in [0.15, 0.2) is 35.4 Å². The monoisotopic (exact) mass is 410 g/mol. The van der Waals surface area contributed by atoms with Gasteiger partial charge in [-0.2, -0.15) is 0 Å². The largest absolute Gasteiger partial charge is 0.379 e. The van der Waals surface area contributed by atoms with Gasteiger partial charge in [-0.05, 0) is 29.9 Å². The summed E-state index contributed by atoms with van der Waals surface area (Å²) in [6.45, 7) is 10.8. The van der Waals surface area contributed by atoms with Crippen LogP contribution in [-0.2, 0) is 16.1 Å². The number of amides is 1. The van der Waals surface area contributed by atoms with E-state index in [9.17, 15) is 9.59 Å². The molecule has 1 saturated carbocycles. The third-order valence-corrected chi connectivity index (χ3v) is 7.43. The second-order valence-electron chi connectivity index (χ2n) is 9.94. The molecule has 1 aromatic carbocycles. The Balaban J connectivity index is 1.33. The number of ether oxygens (including phenoxy) is 1. The minimum absolute atomic E-state index is 0.0146. The number of benzene rings is 1. The number of rotatable bonds is 4. The molecule has 0 N–H and O–H groups in total. The minimum Gasteiger partial charge on any atom is -0.379 e. The Morgan fingerprint density at radius 1 is 1.23 bits per heavy atom. The van der Waals surface area contributed by atoms with Crippen LogP contribution in [0.4, 0.5) is 0 Å². The summed E-state index contributed by atoms with van der Waals surface area (Å²) in [5, 5.41) is 0.555. The molecule has 1 aromatic heterocycles. The lowest BCUT2D eigenvalue weighted by Gasteiger charge is -2.58. The van der Waals surface area contributed by atoms with E-state index in [-0.39, 0.29) is 28.8 Å². The number of hydrogen-bond acceptors (Lipinski definition) is 5. The van der Waals surface area contributed by atoms with Gasteiger partial charge in [-0.15, -0.1) is 0 Å². The van der Waals surface area contributed by atoms with Gasteiger partial charge in [0.15, 0.2) is 0 Å². The Labute approximate surface area is 176 Å². The van der Waals surface area contributed by atoms with Crippen LogP contribution in [0.25, 0.3) is 10.9 Å². The number of para-hydroxylation sites is 1. The van der Waals surface area contributed by atoms with Gasteiger partial charge in [-0.3, -0.25) is 19.1 Å². The number of hydrogen-bond donors (Lipinski definition) is 0. The molecule has 2 atom stereocenters. The lowest BCUT2D eigenvalue weighted by molar-refractivity contribution is -0.131. The topological polar surface area (TPSA) is 67.7 Å². The molecule has 5 rings (SSSR count). The third-order valence-electron chi connectivity index (χ3n) is 7.43. The van der Waals surface area contributed by atoms with Gasteiger partial charge in [0.05, 0.1) is 30.4 Å². The fourth-order valence-electron chi connectivity index (χ4n) is 6.20. The van der Waals surface area contributed by atoms with Crippen LogP contribution in [0, 0.1) is 16.7 Å². The molecule has 30 heavy (non-hydrogen) atoms. The van der Waals surface area contributed by atoms with E-state index in [1.807, 2.05) is 23.1 Å². The molecule has 3 fully saturated rings. The molecule has 0 spiro atoms. The van der Waals surface area contributed by atoms with E-state index in [2.05, 4.69) is 23.7 Å². The van der Waals surface area contributed by atoms with E-state index in [0.717, 1.165) is 52.4 Å². The van der Waals surface area contributed by atoms with Gasteiger partial charge in [0.1, 0.15) is 6.54 Å². The Hall–Kier alpha value is -2.25. The average molecular weight is 411 g/mol. The molecular formula is C23H30N4O3. The maximum atomic E-state index is 13.2. The Morgan fingerprint density at radius 2 is 2.00 bits per heavy atom. The summed E-state index contributed by atoms with van der Waals surface area (Å²) in [6, 6.07) is 7.27. The van der Waals surface area contributed by atoms with Crippen LogP contribution >= 0.6 is 0 Å². The van der Waals surface area contributed by atoms with E-state index >= 15 is 0 Å². The van der Waals surface area contributed by atoms with Crippen molar-refractivity contribution in [3.8, 4) is 0 Å². The number of aromatic nitrogens is 2. The molecule has 2 aliphatic heterocycles. The number of morpholine rings is 1. The SMILES string of the molecule is CC1(C)C[C@]2(CN3CCOCC3)CN(C(=O)Cn3cnc4ccccc4c3=O)C[C@H]12. The number of nitrogens with zero attached hydrogens (tertiary/aromatic N) is 4. The van der Waals surface area contributed by atoms with E-state index < -0.39 is 0 Å². The first-order chi connectivity index (χ1) is 14.4. The number of fused-ring (bicyclic) bond motifs is 2. The highest BCUT2D eigenvalue weighted by Crippen LogP contribution is 2.63. The molecule has 3 heterocycles. The summed E-state index contributed by atoms with van der Waals surface area (Å²) >= 11 is 0. The van der Waals surface area contributed by atoms with Crippen LogP contribution in [0.2, 0.25) is 0 Å². The lowest BCUT2D eigenvalue weighted by Crippen LogP contribution is -2.59. The summed E-state index contributed by atoms with van der Waals surface area (Å²) in [6.07, 6.45) is 2.64. The normalized spacial score (nSPS) is 28.3. The third kappa shape index (κ3) is 3.24. The molecule has 0 unspecified atom stereocenters. The predicted molar refractivity (Wildman–Crippen MR) is 114 cm³/mol. The van der Waals surface area contributed by atoms with Crippen LogP contribution in [-0.4, -0.2) is 71.2 Å². The summed E-state index contributed by atoms with van der Waals surface area (Å²) < 4.78 is 6.95. The van der Waals surface area contributed by atoms with Gasteiger partial charge >= 0.3 is 0 Å². The molecule has 3 aliphatic rings. The number of carbonyl (C=O) groups is 1. The molecule has 1 amide bonds. The van der Waals surface area contributed by atoms with Crippen molar-refractivity contribution in [1.82, 2.24) is 19.4 Å². The van der Waals surface area contributed by atoms with E-state index in [1.54, 1.807) is 6.07 Å². The van der Waals surface area contributed by atoms with E-state index in [0.29, 0.717) is 16.8 Å². The second-order valence-corrected chi connectivity index (χ2v) is 9.94. The quantitative estimate of drug-likeness (QED) is 0.766. The zero-order valence-corrected chi connectivity index (χ0v) is 17.8. The zero-order chi connectivity index (χ0) is 20.9. The number of carbonyl (C=O) groups excluding carboxylic acids is 1. The Morgan fingerprint density at radius 3 is 2.77 bits per heavy atom. The molecule has 1 aliphatic carbocycles. The highest BCUT2D eigenvalue weighted by atomic mass is 16.5. The van der Waals surface area contributed by atoms with Crippen molar-refractivity contribution < 1.29 is 9.53 Å². The van der Waals surface area contributed by atoms with Gasteiger partial charge in [-0.1, -0.05) is 26.0 Å². The maximum absolute atomic E-state index is 13.2. The standard InChI is InChI=1S/C23H30N4O3/c1-22(2)13-23(14-25-7-9-30-10-8-25)15-26(11-19(22)23)20(28)12-27-16-24-18-6-4-3-5-17(18)21(27)29/h3-6,16,19H,7-15H2,1-2H3/t19-,23+/m1/s1. The summed E-state index contributed by atoms with van der Waals surface area (Å²) in [5.74, 6) is 0.518. The summed E-state index contributed by atoms with van der Waals surface area (Å²) in [5.41, 5.74) is 0.933. The molecule has 7 nitrogen and oxygen atoms in total. The Kier molecular flexibility index (Phi) is 4.71. The van der Waals surface area contributed by atoms with Gasteiger partial charge in [-0.25, -0.2) is 4.98 Å². The van der Waals surface area contributed by atoms with Crippen LogP contribution in [0.3, 0.4) is 0 Å². The minimum atomic E-state index is -0.153. The molecule has 160 valence electrons. The van der Waals surface area contributed by atoms with Crippen molar-refractivity contribution >= 4 is 16.8 Å². The van der Waals surface area contributed by atoms with Crippen molar-refractivity contribution in [2.75, 3.05) is 45.9 Å². The average Bonchev–Trinajstić information content (AvgIpc) is 3.05. The van der Waals surface area contributed by atoms with Crippen molar-refractivity contribution in [1.29, 1.82) is 0 Å². The van der Waals surface area contributed by atoms with Gasteiger partial charge < -0.3 is 9.64 Å². The molecule has 0 bridgehead atoms. The van der Waals surface area contributed by atoms with E-state index in [4.69, 9.17) is 4.74 Å². The van der Waals surface area contributed by atoms with Crippen LogP contribution in [0.1, 0.15) is 20.3 Å². The Bertz CT molecular complexity index is 1030. The first kappa shape index (κ1) is 19.7. The molecular weight excluding hydrogens is 380 g/mol. The summed E-state index contributed by atoms with van der Waals surface area (Å²) in [4.78, 5) is 34.8. The van der Waals surface area contributed by atoms with Crippen LogP contribution < -0.4 is 5.56 Å². The molecule has 2 aromatic rings. The van der Waals surface area contributed by atoms with Crippen molar-refractivity contribution in [3.63, 3.8) is 0 Å². The van der Waals surface area contributed by atoms with E-state index in [1.165, 1.54) is 10.9 Å². The molecule has 7 heteroatoms. The second kappa shape index (κ2) is 7.17. The summed E-state index contributed by atoms with van der Waals surface area (Å²) in [7, 11) is 0. The van der Waals surface area contributed by atoms with Crippen molar-refractivity contribution in [3.05, 3.63) is 40.9 Å². The predicted octanol–water partition coefficient (Wildman–Crippen LogP) is 1.60. The fourth-order valence-corrected chi connectivity index (χ4v) is 6.20. The zero-order valence-electron chi connectivity index (χ0n) is 17.8. The fraction of sp³-hybridized carbons (Fsp3) is 0.609. The van der Waals surface area contributed by atoms with Gasteiger partial charge in [0.25, 0.3) is 5.56 Å². The van der Waals surface area contributed by atoms with Crippen molar-refractivity contribution in [2.45, 2.75) is 26.8 Å². The maximum Gasteiger partial charge on any atom is 0.261 e. The first-order valence-corrected chi connectivity index (χ1v) is 10.9.